The summed E-state index contributed by atoms with van der Waals surface area (Å²) in [5.74, 6) is 0.987. The number of aromatic nitrogens is 2. The van der Waals surface area contributed by atoms with Crippen LogP contribution in [-0.4, -0.2) is 28.7 Å². The number of ketones is 1. The first-order chi connectivity index (χ1) is 8.08. The number of hydrogen-bond donors (Lipinski definition) is 1. The van der Waals surface area contributed by atoms with Crippen LogP contribution in [0.5, 0.6) is 0 Å². The van der Waals surface area contributed by atoms with Gasteiger partial charge in [-0.3, -0.25) is 9.48 Å². The van der Waals surface area contributed by atoms with Crippen molar-refractivity contribution in [3.05, 3.63) is 18.0 Å². The number of hydrogen-bond acceptors (Lipinski definition) is 3. The Morgan fingerprint density at radius 3 is 2.71 bits per heavy atom. The van der Waals surface area contributed by atoms with Gasteiger partial charge in [0.05, 0.1) is 12.1 Å². The van der Waals surface area contributed by atoms with Gasteiger partial charge in [-0.2, -0.15) is 5.10 Å². The highest BCUT2D eigenvalue weighted by molar-refractivity contribution is 5.83. The SMILES string of the molecule is CC(C(=O)Cc1ccn(C(C)C)n1)C1CNC1. The zero-order chi connectivity index (χ0) is 12.4. The van der Waals surface area contributed by atoms with Crippen molar-refractivity contribution in [2.45, 2.75) is 33.2 Å². The van der Waals surface area contributed by atoms with E-state index in [-0.39, 0.29) is 5.92 Å². The van der Waals surface area contributed by atoms with Crippen molar-refractivity contribution in [1.29, 1.82) is 0 Å². The van der Waals surface area contributed by atoms with E-state index < -0.39 is 0 Å². The van der Waals surface area contributed by atoms with E-state index in [0.717, 1.165) is 18.8 Å². The highest BCUT2D eigenvalue weighted by Gasteiger charge is 2.28. The molecule has 1 saturated heterocycles. The summed E-state index contributed by atoms with van der Waals surface area (Å²) in [4.78, 5) is 12.0. The molecule has 1 N–H and O–H groups in total. The smallest absolute Gasteiger partial charge is 0.142 e. The molecule has 0 amide bonds. The molecule has 0 aliphatic carbocycles. The van der Waals surface area contributed by atoms with Crippen LogP contribution in [0.1, 0.15) is 32.5 Å². The zero-order valence-electron chi connectivity index (χ0n) is 10.8. The van der Waals surface area contributed by atoms with E-state index in [1.54, 1.807) is 0 Å². The molecule has 1 unspecified atom stereocenters. The zero-order valence-corrected chi connectivity index (χ0v) is 10.8. The van der Waals surface area contributed by atoms with Gasteiger partial charge in [-0.25, -0.2) is 0 Å². The van der Waals surface area contributed by atoms with E-state index in [2.05, 4.69) is 24.3 Å². The summed E-state index contributed by atoms with van der Waals surface area (Å²) in [5, 5.41) is 7.62. The van der Waals surface area contributed by atoms with E-state index in [0.29, 0.717) is 24.2 Å². The molecule has 1 atom stereocenters. The highest BCUT2D eigenvalue weighted by Crippen LogP contribution is 2.18. The second-order valence-corrected chi connectivity index (χ2v) is 5.23. The van der Waals surface area contributed by atoms with Gasteiger partial charge in [-0.15, -0.1) is 0 Å². The third kappa shape index (κ3) is 2.75. The minimum Gasteiger partial charge on any atom is -0.316 e. The molecule has 0 radical (unpaired) electrons. The molecule has 4 heteroatoms. The molecule has 1 aliphatic rings. The first-order valence-electron chi connectivity index (χ1n) is 6.35. The fraction of sp³-hybridized carbons (Fsp3) is 0.692. The third-order valence-electron chi connectivity index (χ3n) is 3.58. The van der Waals surface area contributed by atoms with Gasteiger partial charge in [0.1, 0.15) is 5.78 Å². The van der Waals surface area contributed by atoms with Crippen molar-refractivity contribution >= 4 is 5.78 Å². The Morgan fingerprint density at radius 1 is 1.53 bits per heavy atom. The Labute approximate surface area is 102 Å². The molecule has 1 aliphatic heterocycles. The van der Waals surface area contributed by atoms with Crippen LogP contribution in [0.25, 0.3) is 0 Å². The predicted molar refractivity (Wildman–Crippen MR) is 66.8 cm³/mol. The summed E-state index contributed by atoms with van der Waals surface area (Å²) >= 11 is 0. The van der Waals surface area contributed by atoms with E-state index in [1.807, 2.05) is 23.9 Å². The standard InChI is InChI=1S/C13H21N3O/c1-9(2)16-5-4-12(15-16)6-13(17)10(3)11-7-14-8-11/h4-5,9-11,14H,6-8H2,1-3H3. The normalized spacial score (nSPS) is 18.1. The molecular formula is C13H21N3O. The lowest BCUT2D eigenvalue weighted by molar-refractivity contribution is -0.123. The van der Waals surface area contributed by atoms with E-state index in [4.69, 9.17) is 0 Å². The van der Waals surface area contributed by atoms with Crippen molar-refractivity contribution < 1.29 is 4.79 Å². The van der Waals surface area contributed by atoms with Gasteiger partial charge in [0.25, 0.3) is 0 Å². The van der Waals surface area contributed by atoms with Crippen LogP contribution < -0.4 is 5.32 Å². The molecule has 1 aromatic rings. The summed E-state index contributed by atoms with van der Waals surface area (Å²) < 4.78 is 1.90. The molecule has 17 heavy (non-hydrogen) atoms. The first-order valence-corrected chi connectivity index (χ1v) is 6.35. The molecular weight excluding hydrogens is 214 g/mol. The van der Waals surface area contributed by atoms with Crippen LogP contribution >= 0.6 is 0 Å². The van der Waals surface area contributed by atoms with Gasteiger partial charge in [0.15, 0.2) is 0 Å². The minimum atomic E-state index is 0.153. The van der Waals surface area contributed by atoms with Crippen LogP contribution in [0, 0.1) is 11.8 Å². The van der Waals surface area contributed by atoms with Crippen LogP contribution in [0.15, 0.2) is 12.3 Å². The number of rotatable bonds is 5. The number of nitrogens with zero attached hydrogens (tertiary/aromatic N) is 2. The highest BCUT2D eigenvalue weighted by atomic mass is 16.1. The molecule has 94 valence electrons. The number of Topliss-reactive ketones (excluding diaryl/α,β-unsaturated/α-hetero) is 1. The average molecular weight is 235 g/mol. The molecule has 2 heterocycles. The van der Waals surface area contributed by atoms with Crippen LogP contribution in [0.3, 0.4) is 0 Å². The van der Waals surface area contributed by atoms with Crippen LogP contribution in [-0.2, 0) is 11.2 Å². The predicted octanol–water partition coefficient (Wildman–Crippen LogP) is 1.43. The molecule has 0 spiro atoms. The molecule has 1 fully saturated rings. The first kappa shape index (κ1) is 12.3. The monoisotopic (exact) mass is 235 g/mol. The van der Waals surface area contributed by atoms with E-state index in [9.17, 15) is 4.79 Å². The molecule has 2 rings (SSSR count). The Bertz CT molecular complexity index is 393. The van der Waals surface area contributed by atoms with Gasteiger partial charge < -0.3 is 5.32 Å². The third-order valence-corrected chi connectivity index (χ3v) is 3.58. The molecule has 0 aromatic carbocycles. The lowest BCUT2D eigenvalue weighted by Crippen LogP contribution is -2.47. The number of nitrogens with one attached hydrogen (secondary N) is 1. The van der Waals surface area contributed by atoms with Gasteiger partial charge >= 0.3 is 0 Å². The van der Waals surface area contributed by atoms with Gasteiger partial charge in [-0.05, 0) is 38.9 Å². The average Bonchev–Trinajstić information content (AvgIpc) is 2.63. The van der Waals surface area contributed by atoms with E-state index in [1.165, 1.54) is 0 Å². The molecule has 1 aromatic heterocycles. The maximum atomic E-state index is 12.0. The summed E-state index contributed by atoms with van der Waals surface area (Å²) in [6, 6.07) is 2.30. The maximum absolute atomic E-state index is 12.0. The molecule has 4 nitrogen and oxygen atoms in total. The quantitative estimate of drug-likeness (QED) is 0.840. The lowest BCUT2D eigenvalue weighted by atomic mass is 9.84. The lowest BCUT2D eigenvalue weighted by Gasteiger charge is -2.31. The Morgan fingerprint density at radius 2 is 2.24 bits per heavy atom. The van der Waals surface area contributed by atoms with Crippen molar-refractivity contribution in [3.8, 4) is 0 Å². The van der Waals surface area contributed by atoms with Crippen LogP contribution in [0.4, 0.5) is 0 Å². The van der Waals surface area contributed by atoms with Gasteiger partial charge in [-0.1, -0.05) is 6.92 Å². The topological polar surface area (TPSA) is 46.9 Å². The second kappa shape index (κ2) is 5.00. The van der Waals surface area contributed by atoms with Crippen molar-refractivity contribution in [3.63, 3.8) is 0 Å². The Hall–Kier alpha value is -1.16. The molecule has 0 bridgehead atoms. The van der Waals surface area contributed by atoms with Crippen molar-refractivity contribution in [2.75, 3.05) is 13.1 Å². The van der Waals surface area contributed by atoms with Gasteiger partial charge in [0, 0.05) is 18.2 Å². The Balaban J connectivity index is 1.92. The fourth-order valence-corrected chi connectivity index (χ4v) is 2.03. The van der Waals surface area contributed by atoms with Crippen molar-refractivity contribution in [1.82, 2.24) is 15.1 Å². The maximum Gasteiger partial charge on any atom is 0.142 e. The summed E-state index contributed by atoms with van der Waals surface area (Å²) in [6.45, 7) is 8.16. The van der Waals surface area contributed by atoms with Crippen LogP contribution in [0.2, 0.25) is 0 Å². The summed E-state index contributed by atoms with van der Waals surface area (Å²) in [7, 11) is 0. The van der Waals surface area contributed by atoms with Gasteiger partial charge in [0.2, 0.25) is 0 Å². The Kier molecular flexibility index (Phi) is 3.62. The second-order valence-electron chi connectivity index (χ2n) is 5.23. The minimum absolute atomic E-state index is 0.153. The number of carbonyl (C=O) groups excluding carboxylic acids is 1. The fourth-order valence-electron chi connectivity index (χ4n) is 2.03. The van der Waals surface area contributed by atoms with Crippen molar-refractivity contribution in [2.24, 2.45) is 11.8 Å². The summed E-state index contributed by atoms with van der Waals surface area (Å²) in [5.41, 5.74) is 0.892. The number of carbonyl (C=O) groups is 1. The largest absolute Gasteiger partial charge is 0.316 e. The summed E-state index contributed by atoms with van der Waals surface area (Å²) in [6.07, 6.45) is 2.42. The van der Waals surface area contributed by atoms with E-state index >= 15 is 0 Å². The molecule has 0 saturated carbocycles.